The van der Waals surface area contributed by atoms with Crippen LogP contribution in [0, 0.1) is 13.8 Å². The molecule has 1 heterocycles. The third kappa shape index (κ3) is 3.47. The van der Waals surface area contributed by atoms with Crippen molar-refractivity contribution in [2.24, 2.45) is 0 Å². The van der Waals surface area contributed by atoms with E-state index >= 15 is 0 Å². The third-order valence-corrected chi connectivity index (χ3v) is 4.68. The molecule has 1 aromatic carbocycles. The van der Waals surface area contributed by atoms with Crippen LogP contribution in [0.15, 0.2) is 35.7 Å². The van der Waals surface area contributed by atoms with Gasteiger partial charge in [-0.15, -0.1) is 0 Å². The second kappa shape index (κ2) is 5.93. The molecule has 21 heavy (non-hydrogen) atoms. The van der Waals surface area contributed by atoms with Gasteiger partial charge < -0.3 is 9.88 Å². The predicted octanol–water partition coefficient (Wildman–Crippen LogP) is 3.57. The van der Waals surface area contributed by atoms with Gasteiger partial charge in [-0.05, 0) is 49.9 Å². The van der Waals surface area contributed by atoms with Crippen LogP contribution in [0.4, 0.5) is 5.69 Å². The number of anilines is 1. The summed E-state index contributed by atoms with van der Waals surface area (Å²) in [5, 5.41) is 3.88. The van der Waals surface area contributed by atoms with E-state index in [1.165, 1.54) is 35.7 Å². The van der Waals surface area contributed by atoms with Crippen LogP contribution in [0.1, 0.15) is 30.0 Å². The molecule has 1 N–H and O–H groups in total. The molecule has 3 rings (SSSR count). The fourth-order valence-corrected chi connectivity index (χ4v) is 3.01. The number of hydrogen-bond acceptors (Lipinski definition) is 3. The Morgan fingerprint density at radius 3 is 2.90 bits per heavy atom. The van der Waals surface area contributed by atoms with Crippen molar-refractivity contribution in [2.75, 3.05) is 11.1 Å². The molecule has 0 aliphatic heterocycles. The molecule has 1 aliphatic rings. The van der Waals surface area contributed by atoms with E-state index in [0.29, 0.717) is 11.8 Å². The van der Waals surface area contributed by atoms with E-state index in [2.05, 4.69) is 21.8 Å². The number of nitrogens with zero attached hydrogens (tertiary/aromatic N) is 2. The van der Waals surface area contributed by atoms with Crippen LogP contribution in [0.2, 0.25) is 0 Å². The SMILES string of the molecule is Cc1ccc(NC(=O)CSc2nccn2C2CC2)cc1C. The van der Waals surface area contributed by atoms with Gasteiger partial charge in [0.1, 0.15) is 0 Å². The summed E-state index contributed by atoms with van der Waals surface area (Å²) in [5.74, 6) is 0.394. The van der Waals surface area contributed by atoms with Crippen molar-refractivity contribution < 1.29 is 4.79 Å². The average molecular weight is 301 g/mol. The van der Waals surface area contributed by atoms with Crippen LogP contribution in [0.25, 0.3) is 0 Å². The molecule has 0 bridgehead atoms. The van der Waals surface area contributed by atoms with Crippen molar-refractivity contribution >= 4 is 23.4 Å². The summed E-state index contributed by atoms with van der Waals surface area (Å²) < 4.78 is 2.17. The van der Waals surface area contributed by atoms with Gasteiger partial charge in [-0.3, -0.25) is 4.79 Å². The fraction of sp³-hybridized carbons (Fsp3) is 0.375. The zero-order valence-electron chi connectivity index (χ0n) is 12.3. The average Bonchev–Trinajstić information content (AvgIpc) is 3.19. The van der Waals surface area contributed by atoms with Crippen molar-refractivity contribution in [3.63, 3.8) is 0 Å². The van der Waals surface area contributed by atoms with E-state index in [9.17, 15) is 4.79 Å². The van der Waals surface area contributed by atoms with Crippen LogP contribution in [-0.2, 0) is 4.79 Å². The molecule has 110 valence electrons. The summed E-state index contributed by atoms with van der Waals surface area (Å²) in [6.07, 6.45) is 6.25. The first-order valence-corrected chi connectivity index (χ1v) is 8.15. The number of nitrogens with one attached hydrogen (secondary N) is 1. The largest absolute Gasteiger partial charge is 0.325 e. The Bertz CT molecular complexity index is 661. The molecule has 0 unspecified atom stereocenters. The number of aryl methyl sites for hydroxylation is 2. The minimum Gasteiger partial charge on any atom is -0.325 e. The zero-order valence-corrected chi connectivity index (χ0v) is 13.1. The Kier molecular flexibility index (Phi) is 4.01. The van der Waals surface area contributed by atoms with Crippen LogP contribution < -0.4 is 5.32 Å². The topological polar surface area (TPSA) is 46.9 Å². The Hall–Kier alpha value is -1.75. The van der Waals surface area contributed by atoms with E-state index in [1.54, 1.807) is 0 Å². The van der Waals surface area contributed by atoms with Crippen LogP contribution in [0.5, 0.6) is 0 Å². The lowest BCUT2D eigenvalue weighted by molar-refractivity contribution is -0.113. The molecule has 5 heteroatoms. The van der Waals surface area contributed by atoms with E-state index < -0.39 is 0 Å². The second-order valence-corrected chi connectivity index (χ2v) is 6.43. The summed E-state index contributed by atoms with van der Waals surface area (Å²) in [7, 11) is 0. The highest BCUT2D eigenvalue weighted by Gasteiger charge is 2.25. The van der Waals surface area contributed by atoms with Crippen molar-refractivity contribution in [1.29, 1.82) is 0 Å². The molecule has 4 nitrogen and oxygen atoms in total. The molecule has 1 saturated carbocycles. The van der Waals surface area contributed by atoms with Gasteiger partial charge in [0.15, 0.2) is 5.16 Å². The quantitative estimate of drug-likeness (QED) is 0.859. The van der Waals surface area contributed by atoms with Gasteiger partial charge >= 0.3 is 0 Å². The molecule has 0 radical (unpaired) electrons. The number of carbonyl (C=O) groups excluding carboxylic acids is 1. The molecule has 1 amide bonds. The molecule has 2 aromatic rings. The minimum atomic E-state index is 0.00796. The standard InChI is InChI=1S/C16H19N3OS/c1-11-3-4-13(9-12(11)2)18-15(20)10-21-16-17-7-8-19(16)14-5-6-14/h3-4,7-9,14H,5-6,10H2,1-2H3,(H,18,20). The van der Waals surface area contributed by atoms with Gasteiger partial charge in [-0.2, -0.15) is 0 Å². The fourth-order valence-electron chi connectivity index (χ4n) is 2.19. The summed E-state index contributed by atoms with van der Waals surface area (Å²) >= 11 is 1.50. The Morgan fingerprint density at radius 1 is 1.38 bits per heavy atom. The number of thioether (sulfide) groups is 1. The van der Waals surface area contributed by atoms with Crippen LogP contribution >= 0.6 is 11.8 Å². The molecule has 1 fully saturated rings. The van der Waals surface area contributed by atoms with Gasteiger partial charge in [0.25, 0.3) is 0 Å². The van der Waals surface area contributed by atoms with Crippen LogP contribution in [0.3, 0.4) is 0 Å². The molecular weight excluding hydrogens is 282 g/mol. The molecule has 0 spiro atoms. The summed E-state index contributed by atoms with van der Waals surface area (Å²) in [6.45, 7) is 4.11. The van der Waals surface area contributed by atoms with Crippen molar-refractivity contribution in [1.82, 2.24) is 9.55 Å². The first-order valence-electron chi connectivity index (χ1n) is 7.16. The maximum atomic E-state index is 12.0. The number of benzene rings is 1. The lowest BCUT2D eigenvalue weighted by Gasteiger charge is -2.08. The van der Waals surface area contributed by atoms with Crippen molar-refractivity contribution in [3.05, 3.63) is 41.7 Å². The van der Waals surface area contributed by atoms with E-state index in [0.717, 1.165) is 10.8 Å². The highest BCUT2D eigenvalue weighted by Crippen LogP contribution is 2.37. The van der Waals surface area contributed by atoms with E-state index in [1.807, 2.05) is 37.5 Å². The summed E-state index contributed by atoms with van der Waals surface area (Å²) in [6, 6.07) is 6.56. The summed E-state index contributed by atoms with van der Waals surface area (Å²) in [5.41, 5.74) is 3.27. The highest BCUT2D eigenvalue weighted by molar-refractivity contribution is 7.99. The number of aromatic nitrogens is 2. The molecular formula is C16H19N3OS. The Balaban J connectivity index is 1.56. The van der Waals surface area contributed by atoms with Gasteiger partial charge in [0.2, 0.25) is 5.91 Å². The van der Waals surface area contributed by atoms with E-state index in [4.69, 9.17) is 0 Å². The monoisotopic (exact) mass is 301 g/mol. The van der Waals surface area contributed by atoms with E-state index in [-0.39, 0.29) is 5.91 Å². The minimum absolute atomic E-state index is 0.00796. The lowest BCUT2D eigenvalue weighted by Crippen LogP contribution is -2.14. The molecule has 1 aromatic heterocycles. The van der Waals surface area contributed by atoms with Gasteiger partial charge in [-0.1, -0.05) is 17.8 Å². The number of rotatable bonds is 5. The second-order valence-electron chi connectivity index (χ2n) is 5.48. The Labute approximate surface area is 129 Å². The first-order chi connectivity index (χ1) is 10.1. The van der Waals surface area contributed by atoms with Crippen molar-refractivity contribution in [3.8, 4) is 0 Å². The number of amides is 1. The number of carbonyl (C=O) groups is 1. The highest BCUT2D eigenvalue weighted by atomic mass is 32.2. The zero-order chi connectivity index (χ0) is 14.8. The first kappa shape index (κ1) is 14.2. The maximum absolute atomic E-state index is 12.0. The third-order valence-electron chi connectivity index (χ3n) is 3.70. The molecule has 0 saturated heterocycles. The smallest absolute Gasteiger partial charge is 0.234 e. The number of imidazole rings is 1. The Morgan fingerprint density at radius 2 is 2.19 bits per heavy atom. The molecule has 0 atom stereocenters. The lowest BCUT2D eigenvalue weighted by atomic mass is 10.1. The van der Waals surface area contributed by atoms with Gasteiger partial charge in [-0.25, -0.2) is 4.98 Å². The maximum Gasteiger partial charge on any atom is 0.234 e. The van der Waals surface area contributed by atoms with Gasteiger partial charge in [0.05, 0.1) is 5.75 Å². The summed E-state index contributed by atoms with van der Waals surface area (Å²) in [4.78, 5) is 16.4. The number of hydrogen-bond donors (Lipinski definition) is 1. The normalized spacial score (nSPS) is 14.2. The van der Waals surface area contributed by atoms with Crippen LogP contribution in [-0.4, -0.2) is 21.2 Å². The predicted molar refractivity (Wildman–Crippen MR) is 85.8 cm³/mol. The molecule has 1 aliphatic carbocycles. The van der Waals surface area contributed by atoms with Crippen molar-refractivity contribution in [2.45, 2.75) is 37.9 Å². The van der Waals surface area contributed by atoms with Gasteiger partial charge in [0, 0.05) is 24.1 Å².